The van der Waals surface area contributed by atoms with Crippen LogP contribution in [0.5, 0.6) is 0 Å². The molecule has 1 aromatic rings. The van der Waals surface area contributed by atoms with E-state index in [1.54, 1.807) is 6.07 Å². The highest BCUT2D eigenvalue weighted by molar-refractivity contribution is 5.74. The molecule has 4 heteroatoms. The molecule has 2 rings (SSSR count). The van der Waals surface area contributed by atoms with Gasteiger partial charge in [-0.3, -0.25) is 4.79 Å². The summed E-state index contributed by atoms with van der Waals surface area (Å²) in [6.07, 6.45) is 0. The van der Waals surface area contributed by atoms with Crippen molar-refractivity contribution < 1.29 is 13.9 Å². The molecule has 1 aliphatic heterocycles. The van der Waals surface area contributed by atoms with Crippen LogP contribution in [0.25, 0.3) is 0 Å². The number of methoxy groups -OCH3 is 1. The summed E-state index contributed by atoms with van der Waals surface area (Å²) in [5.41, 5.74) is 1.60. The molecule has 0 radical (unpaired) electrons. The Kier molecular flexibility index (Phi) is 3.43. The van der Waals surface area contributed by atoms with Crippen LogP contribution in [0.1, 0.15) is 17.0 Å². The normalized spacial score (nSPS) is 23.7. The minimum atomic E-state index is -0.295. The van der Waals surface area contributed by atoms with Gasteiger partial charge in [0, 0.05) is 19.0 Å². The zero-order valence-electron chi connectivity index (χ0n) is 10.00. The standard InChI is InChI=1S/C13H16FNO2/c1-8-3-4-12(14)9(5-8)10-6-15-7-11(10)13(16)17-2/h3-5,10-11,15H,6-7H2,1-2H3/t10-,11+/m0/s1. The van der Waals surface area contributed by atoms with Gasteiger partial charge in [-0.05, 0) is 18.6 Å². The van der Waals surface area contributed by atoms with Crippen LogP contribution in [-0.4, -0.2) is 26.2 Å². The third-order valence-electron chi connectivity index (χ3n) is 3.27. The first-order valence-electron chi connectivity index (χ1n) is 5.68. The zero-order chi connectivity index (χ0) is 12.4. The van der Waals surface area contributed by atoms with Crippen LogP contribution in [0.3, 0.4) is 0 Å². The number of hydrogen-bond donors (Lipinski definition) is 1. The maximum Gasteiger partial charge on any atom is 0.310 e. The van der Waals surface area contributed by atoms with Gasteiger partial charge in [0.1, 0.15) is 5.82 Å². The lowest BCUT2D eigenvalue weighted by atomic mass is 9.88. The molecule has 0 unspecified atom stereocenters. The fraction of sp³-hybridized carbons (Fsp3) is 0.462. The Labute approximate surface area is 100.0 Å². The highest BCUT2D eigenvalue weighted by atomic mass is 19.1. The monoisotopic (exact) mass is 237 g/mol. The van der Waals surface area contributed by atoms with E-state index in [-0.39, 0.29) is 23.6 Å². The third kappa shape index (κ3) is 2.31. The average molecular weight is 237 g/mol. The molecule has 0 aromatic heterocycles. The van der Waals surface area contributed by atoms with E-state index in [9.17, 15) is 9.18 Å². The molecule has 0 spiro atoms. The van der Waals surface area contributed by atoms with E-state index in [2.05, 4.69) is 5.32 Å². The number of aryl methyl sites for hydroxylation is 1. The summed E-state index contributed by atoms with van der Waals surface area (Å²) >= 11 is 0. The minimum Gasteiger partial charge on any atom is -0.469 e. The number of ether oxygens (including phenoxy) is 1. The van der Waals surface area contributed by atoms with Crippen molar-refractivity contribution in [2.45, 2.75) is 12.8 Å². The molecule has 92 valence electrons. The van der Waals surface area contributed by atoms with E-state index < -0.39 is 0 Å². The molecule has 0 amide bonds. The van der Waals surface area contributed by atoms with Crippen LogP contribution in [0, 0.1) is 18.7 Å². The second kappa shape index (κ2) is 4.84. The number of carbonyl (C=O) groups is 1. The summed E-state index contributed by atoms with van der Waals surface area (Å²) in [5, 5.41) is 3.12. The van der Waals surface area contributed by atoms with Gasteiger partial charge < -0.3 is 10.1 Å². The van der Waals surface area contributed by atoms with E-state index in [4.69, 9.17) is 4.74 Å². The molecule has 1 heterocycles. The number of esters is 1. The van der Waals surface area contributed by atoms with Crippen molar-refractivity contribution in [1.29, 1.82) is 0 Å². The minimum absolute atomic E-state index is 0.137. The summed E-state index contributed by atoms with van der Waals surface area (Å²) in [6.45, 7) is 3.07. The molecule has 0 saturated carbocycles. The second-order valence-electron chi connectivity index (χ2n) is 4.42. The number of nitrogens with one attached hydrogen (secondary N) is 1. The van der Waals surface area contributed by atoms with Crippen LogP contribution >= 0.6 is 0 Å². The van der Waals surface area contributed by atoms with Crippen LogP contribution < -0.4 is 5.32 Å². The van der Waals surface area contributed by atoms with Crippen LogP contribution in [0.2, 0.25) is 0 Å². The lowest BCUT2D eigenvalue weighted by Gasteiger charge is -2.17. The lowest BCUT2D eigenvalue weighted by Crippen LogP contribution is -2.23. The topological polar surface area (TPSA) is 38.3 Å². The fourth-order valence-corrected chi connectivity index (χ4v) is 2.35. The zero-order valence-corrected chi connectivity index (χ0v) is 10.00. The van der Waals surface area contributed by atoms with Crippen molar-refractivity contribution >= 4 is 5.97 Å². The largest absolute Gasteiger partial charge is 0.469 e. The Balaban J connectivity index is 2.32. The Bertz CT molecular complexity index is 433. The number of halogens is 1. The predicted molar refractivity (Wildman–Crippen MR) is 62.3 cm³/mol. The smallest absolute Gasteiger partial charge is 0.310 e. The van der Waals surface area contributed by atoms with E-state index in [1.165, 1.54) is 13.2 Å². The number of rotatable bonds is 2. The summed E-state index contributed by atoms with van der Waals surface area (Å²) in [4.78, 5) is 11.6. The van der Waals surface area contributed by atoms with Gasteiger partial charge in [0.2, 0.25) is 0 Å². The second-order valence-corrected chi connectivity index (χ2v) is 4.42. The van der Waals surface area contributed by atoms with Gasteiger partial charge >= 0.3 is 5.97 Å². The highest BCUT2D eigenvalue weighted by Gasteiger charge is 2.36. The molecule has 1 aromatic carbocycles. The van der Waals surface area contributed by atoms with E-state index in [0.717, 1.165) is 5.56 Å². The van der Waals surface area contributed by atoms with E-state index >= 15 is 0 Å². The van der Waals surface area contributed by atoms with Crippen molar-refractivity contribution in [3.63, 3.8) is 0 Å². The van der Waals surface area contributed by atoms with Crippen molar-refractivity contribution in [3.8, 4) is 0 Å². The average Bonchev–Trinajstić information content (AvgIpc) is 2.80. The van der Waals surface area contributed by atoms with E-state index in [0.29, 0.717) is 18.7 Å². The predicted octanol–water partition coefficient (Wildman–Crippen LogP) is 1.61. The van der Waals surface area contributed by atoms with Crippen molar-refractivity contribution in [3.05, 3.63) is 35.1 Å². The molecule has 1 fully saturated rings. The Morgan fingerprint density at radius 3 is 2.94 bits per heavy atom. The van der Waals surface area contributed by atoms with E-state index in [1.807, 2.05) is 13.0 Å². The molecule has 1 N–H and O–H groups in total. The summed E-state index contributed by atoms with van der Waals surface area (Å²) in [6, 6.07) is 4.99. The molecule has 17 heavy (non-hydrogen) atoms. The number of hydrogen-bond acceptors (Lipinski definition) is 3. The molecule has 3 nitrogen and oxygen atoms in total. The number of carbonyl (C=O) groups excluding carboxylic acids is 1. The summed E-state index contributed by atoms with van der Waals surface area (Å²) in [7, 11) is 1.37. The highest BCUT2D eigenvalue weighted by Crippen LogP contribution is 2.31. The van der Waals surface area contributed by atoms with Gasteiger partial charge in [-0.15, -0.1) is 0 Å². The molecule has 1 aliphatic rings. The van der Waals surface area contributed by atoms with Crippen molar-refractivity contribution in [1.82, 2.24) is 5.32 Å². The maximum absolute atomic E-state index is 13.8. The first-order chi connectivity index (χ1) is 8.13. The Morgan fingerprint density at radius 1 is 1.47 bits per heavy atom. The van der Waals surface area contributed by atoms with Gasteiger partial charge in [-0.1, -0.05) is 17.7 Å². The molecule has 0 aliphatic carbocycles. The van der Waals surface area contributed by atoms with Crippen LogP contribution in [0.15, 0.2) is 18.2 Å². The summed E-state index contributed by atoms with van der Waals surface area (Å²) in [5.74, 6) is -0.960. The van der Waals surface area contributed by atoms with Crippen molar-refractivity contribution in [2.24, 2.45) is 5.92 Å². The summed E-state index contributed by atoms with van der Waals surface area (Å²) < 4.78 is 18.5. The third-order valence-corrected chi connectivity index (χ3v) is 3.27. The van der Waals surface area contributed by atoms with Gasteiger partial charge in [0.25, 0.3) is 0 Å². The van der Waals surface area contributed by atoms with Crippen molar-refractivity contribution in [2.75, 3.05) is 20.2 Å². The van der Waals surface area contributed by atoms with Crippen LogP contribution in [0.4, 0.5) is 4.39 Å². The van der Waals surface area contributed by atoms with Gasteiger partial charge in [0.05, 0.1) is 13.0 Å². The molecule has 0 bridgehead atoms. The van der Waals surface area contributed by atoms with Gasteiger partial charge in [0.15, 0.2) is 0 Å². The first kappa shape index (κ1) is 12.0. The maximum atomic E-state index is 13.8. The van der Waals surface area contributed by atoms with Crippen LogP contribution in [-0.2, 0) is 9.53 Å². The van der Waals surface area contributed by atoms with Gasteiger partial charge in [-0.25, -0.2) is 4.39 Å². The Hall–Kier alpha value is -1.42. The molecule has 1 saturated heterocycles. The quantitative estimate of drug-likeness (QED) is 0.794. The lowest BCUT2D eigenvalue weighted by molar-refractivity contribution is -0.145. The van der Waals surface area contributed by atoms with Gasteiger partial charge in [-0.2, -0.15) is 0 Å². The Morgan fingerprint density at radius 2 is 2.24 bits per heavy atom. The molecule has 2 atom stereocenters. The number of benzene rings is 1. The SMILES string of the molecule is COC(=O)[C@@H]1CNC[C@H]1c1cc(C)ccc1F. The molecular weight excluding hydrogens is 221 g/mol. The molecular formula is C13H16FNO2. The fourth-order valence-electron chi connectivity index (χ4n) is 2.35. The first-order valence-corrected chi connectivity index (χ1v) is 5.68.